The molecular formula is C16H32N2. The maximum Gasteiger partial charge on any atom is 0.0192 e. The standard InChI is InChI=1S/C16H32N2/c1-13-9-15(11-16(3,4)10-13)17-12-14(2)18-7-5-6-8-18/h13-15,17H,5-12H2,1-4H3. The van der Waals surface area contributed by atoms with Crippen LogP contribution < -0.4 is 5.32 Å². The van der Waals surface area contributed by atoms with Gasteiger partial charge in [-0.25, -0.2) is 0 Å². The average molecular weight is 252 g/mol. The van der Waals surface area contributed by atoms with E-state index in [1.807, 2.05) is 0 Å². The van der Waals surface area contributed by atoms with E-state index in [2.05, 4.69) is 37.9 Å². The maximum absolute atomic E-state index is 3.84. The number of nitrogens with one attached hydrogen (secondary N) is 1. The molecule has 1 aliphatic carbocycles. The SMILES string of the molecule is CC1CC(NCC(C)N2CCCC2)CC(C)(C)C1. The minimum absolute atomic E-state index is 0.534. The Balaban J connectivity index is 1.75. The van der Waals surface area contributed by atoms with Gasteiger partial charge in [0.05, 0.1) is 0 Å². The fourth-order valence-corrected chi connectivity index (χ4v) is 4.15. The number of hydrogen-bond acceptors (Lipinski definition) is 2. The molecule has 1 saturated carbocycles. The molecule has 0 radical (unpaired) electrons. The molecule has 3 atom stereocenters. The fourth-order valence-electron chi connectivity index (χ4n) is 4.15. The van der Waals surface area contributed by atoms with Crippen molar-refractivity contribution in [3.8, 4) is 0 Å². The van der Waals surface area contributed by atoms with Crippen molar-refractivity contribution in [2.45, 2.75) is 71.9 Å². The van der Waals surface area contributed by atoms with Crippen LogP contribution in [0, 0.1) is 11.3 Å². The third-order valence-corrected chi connectivity index (χ3v) is 4.85. The highest BCUT2D eigenvalue weighted by Crippen LogP contribution is 2.38. The molecule has 2 heteroatoms. The summed E-state index contributed by atoms with van der Waals surface area (Å²) in [5.74, 6) is 0.883. The molecule has 1 aliphatic heterocycles. The predicted octanol–water partition coefficient (Wildman–Crippen LogP) is 3.28. The molecule has 1 heterocycles. The first-order valence-corrected chi connectivity index (χ1v) is 7.94. The topological polar surface area (TPSA) is 15.3 Å². The van der Waals surface area contributed by atoms with Crippen LogP contribution >= 0.6 is 0 Å². The van der Waals surface area contributed by atoms with Crippen LogP contribution in [0.15, 0.2) is 0 Å². The van der Waals surface area contributed by atoms with Gasteiger partial charge in [-0.1, -0.05) is 20.8 Å². The lowest BCUT2D eigenvalue weighted by Gasteiger charge is -2.40. The normalized spacial score (nSPS) is 34.7. The lowest BCUT2D eigenvalue weighted by molar-refractivity contribution is 0.143. The van der Waals surface area contributed by atoms with Gasteiger partial charge in [0.25, 0.3) is 0 Å². The lowest BCUT2D eigenvalue weighted by atomic mass is 9.70. The van der Waals surface area contributed by atoms with Crippen molar-refractivity contribution in [3.63, 3.8) is 0 Å². The van der Waals surface area contributed by atoms with Crippen LogP contribution in [0.25, 0.3) is 0 Å². The first kappa shape index (κ1) is 14.3. The molecule has 0 bridgehead atoms. The van der Waals surface area contributed by atoms with Crippen LogP contribution in [0.2, 0.25) is 0 Å². The van der Waals surface area contributed by atoms with Gasteiger partial charge in [0.1, 0.15) is 0 Å². The van der Waals surface area contributed by atoms with E-state index in [0.717, 1.165) is 12.0 Å². The Kier molecular flexibility index (Phi) is 4.71. The van der Waals surface area contributed by atoms with Crippen LogP contribution in [-0.2, 0) is 0 Å². The van der Waals surface area contributed by atoms with Gasteiger partial charge < -0.3 is 5.32 Å². The van der Waals surface area contributed by atoms with Gasteiger partial charge >= 0.3 is 0 Å². The molecule has 2 rings (SSSR count). The molecule has 18 heavy (non-hydrogen) atoms. The van der Waals surface area contributed by atoms with E-state index >= 15 is 0 Å². The Hall–Kier alpha value is -0.0800. The number of rotatable bonds is 4. The highest BCUT2D eigenvalue weighted by atomic mass is 15.2. The van der Waals surface area contributed by atoms with Gasteiger partial charge in [0.2, 0.25) is 0 Å². The van der Waals surface area contributed by atoms with Crippen molar-refractivity contribution in [1.29, 1.82) is 0 Å². The van der Waals surface area contributed by atoms with Crippen LogP contribution in [0.3, 0.4) is 0 Å². The van der Waals surface area contributed by atoms with E-state index in [-0.39, 0.29) is 0 Å². The minimum Gasteiger partial charge on any atom is -0.312 e. The molecule has 2 fully saturated rings. The summed E-state index contributed by atoms with van der Waals surface area (Å²) in [4.78, 5) is 2.64. The van der Waals surface area contributed by atoms with Gasteiger partial charge in [-0.2, -0.15) is 0 Å². The summed E-state index contributed by atoms with van der Waals surface area (Å²) in [6.07, 6.45) is 6.92. The summed E-state index contributed by atoms with van der Waals surface area (Å²) in [5.41, 5.74) is 0.534. The minimum atomic E-state index is 0.534. The molecule has 2 aliphatic rings. The van der Waals surface area contributed by atoms with Gasteiger partial charge in [-0.3, -0.25) is 4.90 Å². The van der Waals surface area contributed by atoms with Crippen molar-refractivity contribution in [3.05, 3.63) is 0 Å². The van der Waals surface area contributed by atoms with E-state index in [0.29, 0.717) is 11.5 Å². The van der Waals surface area contributed by atoms with Gasteiger partial charge in [0, 0.05) is 18.6 Å². The summed E-state index contributed by atoms with van der Waals surface area (Å²) in [5, 5.41) is 3.84. The third-order valence-electron chi connectivity index (χ3n) is 4.85. The maximum atomic E-state index is 3.84. The van der Waals surface area contributed by atoms with Crippen molar-refractivity contribution in [2.24, 2.45) is 11.3 Å². The van der Waals surface area contributed by atoms with Gasteiger partial charge in [-0.05, 0) is 63.5 Å². The summed E-state index contributed by atoms with van der Waals surface area (Å²) in [6.45, 7) is 13.5. The van der Waals surface area contributed by atoms with Crippen LogP contribution in [-0.4, -0.2) is 36.6 Å². The van der Waals surface area contributed by atoms with E-state index in [4.69, 9.17) is 0 Å². The molecule has 106 valence electrons. The largest absolute Gasteiger partial charge is 0.312 e. The van der Waals surface area contributed by atoms with Crippen LogP contribution in [0.5, 0.6) is 0 Å². The second kappa shape index (κ2) is 5.92. The van der Waals surface area contributed by atoms with Gasteiger partial charge in [-0.15, -0.1) is 0 Å². The Morgan fingerprint density at radius 1 is 1.22 bits per heavy atom. The molecule has 2 nitrogen and oxygen atoms in total. The predicted molar refractivity (Wildman–Crippen MR) is 78.9 cm³/mol. The van der Waals surface area contributed by atoms with Gasteiger partial charge in [0.15, 0.2) is 0 Å². The summed E-state index contributed by atoms with van der Waals surface area (Å²) >= 11 is 0. The van der Waals surface area contributed by atoms with E-state index in [1.165, 1.54) is 51.7 Å². The Bertz CT molecular complexity index is 256. The Morgan fingerprint density at radius 2 is 1.89 bits per heavy atom. The molecule has 3 unspecified atom stereocenters. The lowest BCUT2D eigenvalue weighted by Crippen LogP contribution is -2.46. The van der Waals surface area contributed by atoms with E-state index < -0.39 is 0 Å². The van der Waals surface area contributed by atoms with Crippen LogP contribution in [0.1, 0.15) is 59.8 Å². The first-order chi connectivity index (χ1) is 8.46. The summed E-state index contributed by atoms with van der Waals surface area (Å²) in [6, 6.07) is 1.46. The third kappa shape index (κ3) is 3.96. The second-order valence-corrected chi connectivity index (χ2v) is 7.61. The van der Waals surface area contributed by atoms with E-state index in [1.54, 1.807) is 0 Å². The monoisotopic (exact) mass is 252 g/mol. The average Bonchev–Trinajstić information content (AvgIpc) is 2.76. The highest BCUT2D eigenvalue weighted by Gasteiger charge is 2.32. The van der Waals surface area contributed by atoms with E-state index in [9.17, 15) is 0 Å². The Labute approximate surface area is 114 Å². The number of likely N-dealkylation sites (tertiary alicyclic amines) is 1. The van der Waals surface area contributed by atoms with Crippen molar-refractivity contribution >= 4 is 0 Å². The van der Waals surface area contributed by atoms with Crippen molar-refractivity contribution in [2.75, 3.05) is 19.6 Å². The number of nitrogens with zero attached hydrogens (tertiary/aromatic N) is 1. The molecule has 0 spiro atoms. The summed E-state index contributed by atoms with van der Waals surface area (Å²) < 4.78 is 0. The fraction of sp³-hybridized carbons (Fsp3) is 1.00. The smallest absolute Gasteiger partial charge is 0.0192 e. The molecule has 0 amide bonds. The zero-order chi connectivity index (χ0) is 13.2. The van der Waals surface area contributed by atoms with Crippen LogP contribution in [0.4, 0.5) is 0 Å². The molecular weight excluding hydrogens is 220 g/mol. The zero-order valence-electron chi connectivity index (χ0n) is 12.8. The zero-order valence-corrected chi connectivity index (χ0v) is 12.8. The molecule has 0 aromatic heterocycles. The van der Waals surface area contributed by atoms with Crippen molar-refractivity contribution in [1.82, 2.24) is 10.2 Å². The molecule has 1 saturated heterocycles. The quantitative estimate of drug-likeness (QED) is 0.826. The first-order valence-electron chi connectivity index (χ1n) is 7.94. The van der Waals surface area contributed by atoms with Crippen molar-refractivity contribution < 1.29 is 0 Å². The summed E-state index contributed by atoms with van der Waals surface area (Å²) in [7, 11) is 0. The molecule has 0 aromatic rings. The molecule has 0 aromatic carbocycles. The Morgan fingerprint density at radius 3 is 2.50 bits per heavy atom. The highest BCUT2D eigenvalue weighted by molar-refractivity contribution is 4.87. The molecule has 1 N–H and O–H groups in total. The second-order valence-electron chi connectivity index (χ2n) is 7.61. The number of hydrogen-bond donors (Lipinski definition) is 1.